The van der Waals surface area contributed by atoms with Gasteiger partial charge in [0.2, 0.25) is 0 Å². The van der Waals surface area contributed by atoms with E-state index in [1.165, 1.54) is 12.1 Å². The molecule has 4 nitrogen and oxygen atoms in total. The van der Waals surface area contributed by atoms with Gasteiger partial charge in [-0.15, -0.1) is 0 Å². The van der Waals surface area contributed by atoms with Crippen LogP contribution < -0.4 is 20.7 Å². The van der Waals surface area contributed by atoms with Gasteiger partial charge >= 0.3 is 6.18 Å². The molecule has 0 aliphatic carbocycles. The normalized spacial score (nSPS) is 14.5. The minimum absolute atomic E-state index is 0.209. The summed E-state index contributed by atoms with van der Waals surface area (Å²) in [6.07, 6.45) is -4.14. The first kappa shape index (κ1) is 17.5. The van der Waals surface area contributed by atoms with E-state index in [2.05, 4.69) is 16.0 Å². The van der Waals surface area contributed by atoms with Crippen LogP contribution in [-0.4, -0.2) is 24.3 Å². The minimum Gasteiger partial charge on any atom is -0.488 e. The van der Waals surface area contributed by atoms with Crippen LogP contribution in [0.3, 0.4) is 0 Å². The molecule has 2 aromatic rings. The number of ether oxygens (including phenoxy) is 1. The Labute approximate surface area is 148 Å². The third-order valence-electron chi connectivity index (χ3n) is 3.63. The lowest BCUT2D eigenvalue weighted by molar-refractivity contribution is -0.137. The predicted octanol–water partition coefficient (Wildman–Crippen LogP) is 3.86. The van der Waals surface area contributed by atoms with Crippen molar-refractivity contribution in [2.24, 2.45) is 0 Å². The van der Waals surface area contributed by atoms with Gasteiger partial charge in [-0.2, -0.15) is 13.2 Å². The molecule has 0 bridgehead atoms. The Balaban J connectivity index is 1.53. The van der Waals surface area contributed by atoms with Crippen molar-refractivity contribution in [3.8, 4) is 5.75 Å². The first-order valence-electron chi connectivity index (χ1n) is 7.63. The second kappa shape index (κ2) is 7.28. The van der Waals surface area contributed by atoms with Crippen LogP contribution in [0.4, 0.5) is 24.5 Å². The van der Waals surface area contributed by atoms with E-state index in [1.807, 2.05) is 24.3 Å². The van der Waals surface area contributed by atoms with Crippen LogP contribution in [-0.2, 0) is 6.18 Å². The largest absolute Gasteiger partial charge is 0.488 e. The van der Waals surface area contributed by atoms with E-state index in [-0.39, 0.29) is 11.2 Å². The van der Waals surface area contributed by atoms with Crippen LogP contribution in [0.1, 0.15) is 5.56 Å². The highest BCUT2D eigenvalue weighted by Crippen LogP contribution is 2.29. The minimum atomic E-state index is -4.35. The second-order valence-electron chi connectivity index (χ2n) is 5.58. The van der Waals surface area contributed by atoms with Crippen LogP contribution in [0.25, 0.3) is 0 Å². The summed E-state index contributed by atoms with van der Waals surface area (Å²) in [5.74, 6) is 0.777. The SMILES string of the molecule is FC(F)(F)c1ccc(NC(=S)Nc2ccc(OC3CNC3)cc2)cc1. The summed E-state index contributed by atoms with van der Waals surface area (Å²) in [5, 5.41) is 9.24. The van der Waals surface area contributed by atoms with Crippen LogP contribution >= 0.6 is 12.2 Å². The first-order valence-corrected chi connectivity index (χ1v) is 8.04. The third-order valence-corrected chi connectivity index (χ3v) is 3.83. The van der Waals surface area contributed by atoms with Gasteiger partial charge in [0.05, 0.1) is 5.56 Å². The van der Waals surface area contributed by atoms with Gasteiger partial charge in [-0.3, -0.25) is 0 Å². The van der Waals surface area contributed by atoms with Crippen molar-refractivity contribution in [3.63, 3.8) is 0 Å². The lowest BCUT2D eigenvalue weighted by Crippen LogP contribution is -2.50. The standard InChI is InChI=1S/C17H16F3N3OS/c18-17(19,20)11-1-3-12(4-2-11)22-16(25)23-13-5-7-14(8-6-13)24-15-9-21-10-15/h1-8,15,21H,9-10H2,(H2,22,23,25). The monoisotopic (exact) mass is 367 g/mol. The van der Waals surface area contributed by atoms with Crippen molar-refractivity contribution in [3.05, 3.63) is 54.1 Å². The molecule has 25 heavy (non-hydrogen) atoms. The highest BCUT2D eigenvalue weighted by Gasteiger charge is 2.29. The lowest BCUT2D eigenvalue weighted by Gasteiger charge is -2.27. The fourth-order valence-corrected chi connectivity index (χ4v) is 2.43. The van der Waals surface area contributed by atoms with Crippen molar-refractivity contribution < 1.29 is 17.9 Å². The maximum atomic E-state index is 12.5. The quantitative estimate of drug-likeness (QED) is 0.716. The molecule has 3 rings (SSSR count). The maximum absolute atomic E-state index is 12.5. The van der Waals surface area contributed by atoms with Crippen molar-refractivity contribution in [2.45, 2.75) is 12.3 Å². The molecule has 0 atom stereocenters. The lowest BCUT2D eigenvalue weighted by atomic mass is 10.2. The van der Waals surface area contributed by atoms with E-state index >= 15 is 0 Å². The predicted molar refractivity (Wildman–Crippen MR) is 95.0 cm³/mol. The van der Waals surface area contributed by atoms with Crippen molar-refractivity contribution in [2.75, 3.05) is 23.7 Å². The van der Waals surface area contributed by atoms with Crippen LogP contribution in [0.5, 0.6) is 5.75 Å². The van der Waals surface area contributed by atoms with E-state index < -0.39 is 11.7 Å². The zero-order valence-corrected chi connectivity index (χ0v) is 13.9. The Kier molecular flexibility index (Phi) is 5.10. The number of thiocarbonyl (C=S) groups is 1. The highest BCUT2D eigenvalue weighted by atomic mass is 32.1. The summed E-state index contributed by atoms with van der Waals surface area (Å²) in [4.78, 5) is 0. The number of hydrogen-bond donors (Lipinski definition) is 3. The average Bonchev–Trinajstić information content (AvgIpc) is 2.52. The molecule has 0 unspecified atom stereocenters. The molecule has 0 amide bonds. The van der Waals surface area contributed by atoms with E-state index in [9.17, 15) is 13.2 Å². The molecule has 1 heterocycles. The maximum Gasteiger partial charge on any atom is 0.416 e. The number of hydrogen-bond acceptors (Lipinski definition) is 3. The van der Waals surface area contributed by atoms with Crippen LogP contribution in [0, 0.1) is 0 Å². The van der Waals surface area contributed by atoms with Gasteiger partial charge < -0.3 is 20.7 Å². The number of rotatable bonds is 4. The summed E-state index contributed by atoms with van der Waals surface area (Å²) >= 11 is 5.17. The Morgan fingerprint density at radius 2 is 1.48 bits per heavy atom. The van der Waals surface area contributed by atoms with E-state index in [0.29, 0.717) is 5.69 Å². The van der Waals surface area contributed by atoms with Gasteiger partial charge in [0.15, 0.2) is 5.11 Å². The Bertz CT molecular complexity index is 728. The summed E-state index contributed by atoms with van der Waals surface area (Å²) in [5.41, 5.74) is 0.528. The topological polar surface area (TPSA) is 45.3 Å². The number of anilines is 2. The molecule has 1 aliphatic heterocycles. The smallest absolute Gasteiger partial charge is 0.416 e. The molecule has 0 aromatic heterocycles. The fraction of sp³-hybridized carbons (Fsp3) is 0.235. The third kappa shape index (κ3) is 4.83. The zero-order chi connectivity index (χ0) is 17.9. The Morgan fingerprint density at radius 3 is 1.92 bits per heavy atom. The number of alkyl halides is 3. The average molecular weight is 367 g/mol. The second-order valence-corrected chi connectivity index (χ2v) is 5.98. The molecular weight excluding hydrogens is 351 g/mol. The Hall–Kier alpha value is -2.32. The summed E-state index contributed by atoms with van der Waals surface area (Å²) in [7, 11) is 0. The summed E-state index contributed by atoms with van der Waals surface area (Å²) < 4.78 is 43.3. The van der Waals surface area contributed by atoms with Crippen molar-refractivity contribution in [1.29, 1.82) is 0 Å². The molecule has 2 aromatic carbocycles. The van der Waals surface area contributed by atoms with E-state index in [4.69, 9.17) is 17.0 Å². The van der Waals surface area contributed by atoms with E-state index in [1.54, 1.807) is 0 Å². The van der Waals surface area contributed by atoms with Crippen LogP contribution in [0.15, 0.2) is 48.5 Å². The molecule has 0 radical (unpaired) electrons. The molecule has 132 valence electrons. The first-order chi connectivity index (χ1) is 11.9. The summed E-state index contributed by atoms with van der Waals surface area (Å²) in [6, 6.07) is 12.0. The van der Waals surface area contributed by atoms with Crippen molar-refractivity contribution in [1.82, 2.24) is 5.32 Å². The molecular formula is C17H16F3N3OS. The van der Waals surface area contributed by atoms with Gasteiger partial charge in [-0.1, -0.05) is 0 Å². The van der Waals surface area contributed by atoms with Crippen LogP contribution in [0.2, 0.25) is 0 Å². The van der Waals surface area contributed by atoms with Gasteiger partial charge in [0.1, 0.15) is 11.9 Å². The molecule has 8 heteroatoms. The molecule has 0 spiro atoms. The molecule has 3 N–H and O–H groups in total. The van der Waals surface area contributed by atoms with Crippen molar-refractivity contribution >= 4 is 28.7 Å². The molecule has 1 fully saturated rings. The van der Waals surface area contributed by atoms with Gasteiger partial charge in [0, 0.05) is 24.5 Å². The van der Waals surface area contributed by atoms with Gasteiger partial charge in [0.25, 0.3) is 0 Å². The zero-order valence-electron chi connectivity index (χ0n) is 13.1. The number of halogens is 3. The summed E-state index contributed by atoms with van der Waals surface area (Å²) in [6.45, 7) is 1.70. The van der Waals surface area contributed by atoms with Gasteiger partial charge in [-0.05, 0) is 60.7 Å². The number of benzene rings is 2. The van der Waals surface area contributed by atoms with E-state index in [0.717, 1.165) is 36.7 Å². The van der Waals surface area contributed by atoms with Gasteiger partial charge in [-0.25, -0.2) is 0 Å². The molecule has 1 aliphatic rings. The molecule has 0 saturated carbocycles. The highest BCUT2D eigenvalue weighted by molar-refractivity contribution is 7.80. The number of nitrogens with one attached hydrogen (secondary N) is 3. The fourth-order valence-electron chi connectivity index (χ4n) is 2.19. The Morgan fingerprint density at radius 1 is 0.960 bits per heavy atom. The molecule has 1 saturated heterocycles.